The second-order valence-corrected chi connectivity index (χ2v) is 7.59. The van der Waals surface area contributed by atoms with E-state index in [0.717, 1.165) is 5.56 Å². The van der Waals surface area contributed by atoms with Crippen LogP contribution in [-0.2, 0) is 5.60 Å². The molecule has 0 aliphatic heterocycles. The summed E-state index contributed by atoms with van der Waals surface area (Å²) in [6.45, 7) is 4.41. The highest BCUT2D eigenvalue weighted by Gasteiger charge is 2.40. The van der Waals surface area contributed by atoms with Gasteiger partial charge >= 0.3 is 0 Å². The summed E-state index contributed by atoms with van der Waals surface area (Å²) >= 11 is 5.96. The molecule has 0 saturated carbocycles. The van der Waals surface area contributed by atoms with Crippen LogP contribution in [0.25, 0.3) is 6.08 Å². The number of rotatable bonds is 7. The van der Waals surface area contributed by atoms with Crippen molar-refractivity contribution in [3.05, 3.63) is 70.0 Å². The molecule has 0 saturated heterocycles. The third-order valence-electron chi connectivity index (χ3n) is 4.78. The largest absolute Gasteiger partial charge is 0.496 e. The predicted octanol–water partition coefficient (Wildman–Crippen LogP) is 4.98. The number of aliphatic hydroxyl groups is 1. The van der Waals surface area contributed by atoms with Crippen LogP contribution >= 0.6 is 11.6 Å². The monoisotopic (exact) mass is 391 g/mol. The normalized spacial score (nSPS) is 15.5. The number of hydrogen-bond acceptors (Lipinski definition) is 3. The van der Waals surface area contributed by atoms with Crippen molar-refractivity contribution in [1.29, 1.82) is 0 Å². The van der Waals surface area contributed by atoms with Crippen molar-refractivity contribution >= 4 is 17.7 Å². The molecule has 2 rings (SSSR count). The van der Waals surface area contributed by atoms with E-state index < -0.39 is 11.4 Å². The Kier molecular flexibility index (Phi) is 7.04. The van der Waals surface area contributed by atoms with Crippen LogP contribution in [0.2, 0.25) is 5.02 Å². The summed E-state index contributed by atoms with van der Waals surface area (Å²) in [6.07, 6.45) is 1.90. The van der Waals surface area contributed by atoms with E-state index in [1.807, 2.05) is 51.1 Å². The number of hydrogen-bond donors (Lipinski definition) is 1. The van der Waals surface area contributed by atoms with Gasteiger partial charge in [-0.05, 0) is 62.5 Å². The summed E-state index contributed by atoms with van der Waals surface area (Å²) in [5.74, 6) is -0.180. The van der Waals surface area contributed by atoms with Crippen molar-refractivity contribution in [3.8, 4) is 5.75 Å². The number of halogens is 2. The molecule has 0 aromatic heterocycles. The van der Waals surface area contributed by atoms with Crippen molar-refractivity contribution in [2.75, 3.05) is 27.7 Å². The van der Waals surface area contributed by atoms with Gasteiger partial charge in [-0.25, -0.2) is 4.39 Å². The minimum Gasteiger partial charge on any atom is -0.496 e. The van der Waals surface area contributed by atoms with Crippen LogP contribution in [0.4, 0.5) is 4.39 Å². The lowest BCUT2D eigenvalue weighted by Gasteiger charge is -2.38. The molecule has 2 atom stereocenters. The number of ether oxygens (including phenoxy) is 1. The molecule has 0 aliphatic carbocycles. The van der Waals surface area contributed by atoms with E-state index >= 15 is 0 Å². The van der Waals surface area contributed by atoms with Gasteiger partial charge in [0, 0.05) is 23.0 Å². The molecule has 0 fully saturated rings. The molecule has 0 heterocycles. The van der Waals surface area contributed by atoms with E-state index in [1.165, 1.54) is 19.2 Å². The molecule has 0 amide bonds. The maximum Gasteiger partial charge on any atom is 0.125 e. The van der Waals surface area contributed by atoms with Gasteiger partial charge in [0.05, 0.1) is 7.11 Å². The lowest BCUT2D eigenvalue weighted by Crippen LogP contribution is -2.40. The summed E-state index contributed by atoms with van der Waals surface area (Å²) in [5.41, 5.74) is 0.616. The number of nitrogens with zero attached hydrogens (tertiary/aromatic N) is 1. The van der Waals surface area contributed by atoms with Crippen molar-refractivity contribution < 1.29 is 14.2 Å². The number of methoxy groups -OCH3 is 1. The summed E-state index contributed by atoms with van der Waals surface area (Å²) in [4.78, 5) is 2.00. The highest BCUT2D eigenvalue weighted by atomic mass is 35.5. The standard InChI is InChI=1S/C22H27ClFNO2/c1-15(12-17-6-8-18(23)9-7-17)22(26,16(2)14-25(3)4)20-13-19(24)10-11-21(20)27-5/h6-13,16,26H,14H2,1-5H3. The lowest BCUT2D eigenvalue weighted by molar-refractivity contribution is 0.00830. The van der Waals surface area contributed by atoms with Gasteiger partial charge in [-0.3, -0.25) is 0 Å². The topological polar surface area (TPSA) is 32.7 Å². The van der Waals surface area contributed by atoms with Crippen LogP contribution in [-0.4, -0.2) is 37.8 Å². The smallest absolute Gasteiger partial charge is 0.125 e. The Hall–Kier alpha value is -1.88. The lowest BCUT2D eigenvalue weighted by atomic mass is 9.75. The maximum absolute atomic E-state index is 14.1. The van der Waals surface area contributed by atoms with Crippen LogP contribution in [0.1, 0.15) is 25.0 Å². The van der Waals surface area contributed by atoms with Crippen LogP contribution < -0.4 is 4.74 Å². The molecule has 0 radical (unpaired) electrons. The average molecular weight is 392 g/mol. The van der Waals surface area contributed by atoms with E-state index in [0.29, 0.717) is 28.5 Å². The van der Waals surface area contributed by atoms with E-state index in [1.54, 1.807) is 18.2 Å². The fraction of sp³-hybridized carbons (Fsp3) is 0.364. The fourth-order valence-electron chi connectivity index (χ4n) is 3.44. The molecule has 2 aromatic carbocycles. The molecule has 27 heavy (non-hydrogen) atoms. The first kappa shape index (κ1) is 21.4. The Balaban J connectivity index is 2.63. The van der Waals surface area contributed by atoms with Gasteiger partial charge in [0.15, 0.2) is 0 Å². The van der Waals surface area contributed by atoms with Gasteiger partial charge in [0.2, 0.25) is 0 Å². The van der Waals surface area contributed by atoms with Crippen LogP contribution in [0.3, 0.4) is 0 Å². The zero-order valence-corrected chi connectivity index (χ0v) is 17.2. The maximum atomic E-state index is 14.1. The molecule has 5 heteroatoms. The van der Waals surface area contributed by atoms with Gasteiger partial charge in [0.1, 0.15) is 17.2 Å². The third kappa shape index (κ3) is 4.89. The molecule has 146 valence electrons. The first-order valence-corrected chi connectivity index (χ1v) is 9.21. The molecule has 1 N–H and O–H groups in total. The Morgan fingerprint density at radius 3 is 2.44 bits per heavy atom. The van der Waals surface area contributed by atoms with Gasteiger partial charge in [-0.1, -0.05) is 36.7 Å². The molecular formula is C22H27ClFNO2. The van der Waals surface area contributed by atoms with Gasteiger partial charge < -0.3 is 14.7 Å². The zero-order valence-electron chi connectivity index (χ0n) is 16.5. The Labute approximate surface area is 166 Å². The molecule has 2 unspecified atom stereocenters. The first-order valence-electron chi connectivity index (χ1n) is 8.84. The van der Waals surface area contributed by atoms with Crippen LogP contribution in [0.15, 0.2) is 48.0 Å². The Morgan fingerprint density at radius 2 is 1.89 bits per heavy atom. The van der Waals surface area contributed by atoms with E-state index in [2.05, 4.69) is 0 Å². The summed E-state index contributed by atoms with van der Waals surface area (Å²) in [7, 11) is 5.40. The minimum atomic E-state index is -1.41. The highest BCUT2D eigenvalue weighted by Crippen LogP contribution is 2.42. The number of benzene rings is 2. The second-order valence-electron chi connectivity index (χ2n) is 7.15. The second kappa shape index (κ2) is 8.87. The van der Waals surface area contributed by atoms with Crippen LogP contribution in [0.5, 0.6) is 5.75 Å². The quantitative estimate of drug-likeness (QED) is 0.722. The molecule has 3 nitrogen and oxygen atoms in total. The summed E-state index contributed by atoms with van der Waals surface area (Å²) < 4.78 is 19.5. The average Bonchev–Trinajstić information content (AvgIpc) is 2.62. The Morgan fingerprint density at radius 1 is 1.26 bits per heavy atom. The molecular weight excluding hydrogens is 365 g/mol. The van der Waals surface area contributed by atoms with E-state index in [9.17, 15) is 9.50 Å². The highest BCUT2D eigenvalue weighted by molar-refractivity contribution is 6.30. The van der Waals surface area contributed by atoms with Crippen molar-refractivity contribution in [2.45, 2.75) is 19.4 Å². The van der Waals surface area contributed by atoms with E-state index in [4.69, 9.17) is 16.3 Å². The van der Waals surface area contributed by atoms with Gasteiger partial charge in [0.25, 0.3) is 0 Å². The van der Waals surface area contributed by atoms with Gasteiger partial charge in [-0.15, -0.1) is 0 Å². The van der Waals surface area contributed by atoms with Crippen molar-refractivity contribution in [1.82, 2.24) is 4.90 Å². The van der Waals surface area contributed by atoms with Crippen molar-refractivity contribution in [3.63, 3.8) is 0 Å². The molecule has 0 aliphatic rings. The summed E-state index contributed by atoms with van der Waals surface area (Å²) in [5, 5.41) is 12.5. The Bertz CT molecular complexity index is 804. The van der Waals surface area contributed by atoms with Crippen LogP contribution in [0, 0.1) is 11.7 Å². The van der Waals surface area contributed by atoms with E-state index in [-0.39, 0.29) is 5.92 Å². The molecule has 0 spiro atoms. The minimum absolute atomic E-state index is 0.216. The fourth-order valence-corrected chi connectivity index (χ4v) is 3.57. The molecule has 0 bridgehead atoms. The summed E-state index contributed by atoms with van der Waals surface area (Å²) in [6, 6.07) is 11.6. The predicted molar refractivity (Wildman–Crippen MR) is 110 cm³/mol. The zero-order chi connectivity index (χ0) is 20.2. The SMILES string of the molecule is COc1ccc(F)cc1C(O)(C(C)=Cc1ccc(Cl)cc1)C(C)CN(C)C. The first-order chi connectivity index (χ1) is 12.7. The molecule has 2 aromatic rings. The third-order valence-corrected chi connectivity index (χ3v) is 5.03. The van der Waals surface area contributed by atoms with Gasteiger partial charge in [-0.2, -0.15) is 0 Å². The van der Waals surface area contributed by atoms with Crippen molar-refractivity contribution in [2.24, 2.45) is 5.92 Å².